The largest absolute Gasteiger partial charge is 0.497 e. The summed E-state index contributed by atoms with van der Waals surface area (Å²) in [5.74, 6) is -1.05. The molecule has 2 amide bonds. The van der Waals surface area contributed by atoms with Crippen molar-refractivity contribution in [1.29, 1.82) is 0 Å². The van der Waals surface area contributed by atoms with Crippen LogP contribution in [0.5, 0.6) is 17.2 Å². The molecule has 3 aromatic rings. The standard InChI is InChI=1S/C26H24BrN3O6/c1-3-13-35-21-10-7-17(8-11-21)26(33)36-23-12-9-19(27)14-18(23)16-28-30-25(32)24(31)29-20-5-4-6-22(15-20)34-2/h4-12,14-16H,3,13H2,1-2H3,(H,29,31)(H,30,32)/b28-16+. The molecule has 0 aliphatic rings. The van der Waals surface area contributed by atoms with Crippen LogP contribution >= 0.6 is 15.9 Å². The summed E-state index contributed by atoms with van der Waals surface area (Å²) in [6.07, 6.45) is 2.15. The summed E-state index contributed by atoms with van der Waals surface area (Å²) in [6, 6.07) is 18.1. The van der Waals surface area contributed by atoms with E-state index in [2.05, 4.69) is 31.8 Å². The van der Waals surface area contributed by atoms with Crippen LogP contribution in [-0.2, 0) is 9.59 Å². The Hall–Kier alpha value is -4.18. The number of ether oxygens (including phenoxy) is 3. The van der Waals surface area contributed by atoms with Crippen molar-refractivity contribution in [2.75, 3.05) is 19.0 Å². The maximum absolute atomic E-state index is 12.6. The van der Waals surface area contributed by atoms with Gasteiger partial charge in [-0.3, -0.25) is 9.59 Å². The topological polar surface area (TPSA) is 115 Å². The van der Waals surface area contributed by atoms with Gasteiger partial charge in [0.05, 0.1) is 25.5 Å². The van der Waals surface area contributed by atoms with Crippen molar-refractivity contribution in [2.24, 2.45) is 5.10 Å². The molecule has 0 fully saturated rings. The van der Waals surface area contributed by atoms with E-state index in [1.165, 1.54) is 13.3 Å². The first kappa shape index (κ1) is 26.4. The Kier molecular flexibility index (Phi) is 9.58. The Morgan fingerprint density at radius 1 is 0.972 bits per heavy atom. The maximum atomic E-state index is 12.6. The monoisotopic (exact) mass is 553 g/mol. The minimum absolute atomic E-state index is 0.216. The molecular formula is C26H24BrN3O6. The zero-order valence-electron chi connectivity index (χ0n) is 19.6. The van der Waals surface area contributed by atoms with Crippen LogP contribution in [0.3, 0.4) is 0 Å². The van der Waals surface area contributed by atoms with Crippen molar-refractivity contribution < 1.29 is 28.6 Å². The average molecular weight is 554 g/mol. The van der Waals surface area contributed by atoms with Gasteiger partial charge in [-0.2, -0.15) is 5.10 Å². The molecule has 0 saturated heterocycles. The fraction of sp³-hybridized carbons (Fsp3) is 0.154. The van der Waals surface area contributed by atoms with Crippen LogP contribution in [0.4, 0.5) is 5.69 Å². The quantitative estimate of drug-likeness (QED) is 0.132. The Morgan fingerprint density at radius 3 is 2.47 bits per heavy atom. The number of rotatable bonds is 9. The third kappa shape index (κ3) is 7.67. The SMILES string of the molecule is CCCOc1ccc(C(=O)Oc2ccc(Br)cc2/C=N/NC(=O)C(=O)Nc2cccc(OC)c2)cc1. The Morgan fingerprint density at radius 2 is 1.75 bits per heavy atom. The van der Waals surface area contributed by atoms with Gasteiger partial charge in [0.1, 0.15) is 17.2 Å². The minimum atomic E-state index is -0.979. The third-order valence-electron chi connectivity index (χ3n) is 4.64. The van der Waals surface area contributed by atoms with E-state index < -0.39 is 17.8 Å². The second kappa shape index (κ2) is 13.1. The zero-order chi connectivity index (χ0) is 25.9. The van der Waals surface area contributed by atoms with Crippen LogP contribution in [0.15, 0.2) is 76.3 Å². The smallest absolute Gasteiger partial charge is 0.343 e. The number of carbonyl (C=O) groups is 3. The molecule has 0 spiro atoms. The Balaban J connectivity index is 1.63. The third-order valence-corrected chi connectivity index (χ3v) is 5.13. The molecular weight excluding hydrogens is 530 g/mol. The van der Waals surface area contributed by atoms with E-state index in [-0.39, 0.29) is 5.75 Å². The first-order valence-electron chi connectivity index (χ1n) is 10.9. The number of hydrazone groups is 1. The number of methoxy groups -OCH3 is 1. The van der Waals surface area contributed by atoms with Gasteiger partial charge in [-0.1, -0.05) is 28.9 Å². The Bertz CT molecular complexity index is 1260. The molecule has 0 aliphatic heterocycles. The first-order valence-corrected chi connectivity index (χ1v) is 11.7. The van der Waals surface area contributed by atoms with E-state index in [9.17, 15) is 14.4 Å². The zero-order valence-corrected chi connectivity index (χ0v) is 21.2. The minimum Gasteiger partial charge on any atom is -0.497 e. The molecule has 0 radical (unpaired) electrons. The van der Waals surface area contributed by atoms with Gasteiger partial charge in [0, 0.05) is 21.8 Å². The highest BCUT2D eigenvalue weighted by atomic mass is 79.9. The molecule has 0 unspecified atom stereocenters. The predicted molar refractivity (Wildman–Crippen MR) is 139 cm³/mol. The summed E-state index contributed by atoms with van der Waals surface area (Å²) >= 11 is 3.35. The van der Waals surface area contributed by atoms with Gasteiger partial charge in [0.25, 0.3) is 0 Å². The van der Waals surface area contributed by atoms with Gasteiger partial charge in [-0.15, -0.1) is 0 Å². The Labute approximate surface area is 216 Å². The lowest BCUT2D eigenvalue weighted by Gasteiger charge is -2.09. The van der Waals surface area contributed by atoms with Crippen LogP contribution < -0.4 is 25.0 Å². The van der Waals surface area contributed by atoms with Crippen molar-refractivity contribution >= 4 is 45.6 Å². The van der Waals surface area contributed by atoms with Gasteiger partial charge >= 0.3 is 17.8 Å². The predicted octanol–water partition coefficient (Wildman–Crippen LogP) is 4.55. The summed E-state index contributed by atoms with van der Waals surface area (Å²) in [6.45, 7) is 2.60. The maximum Gasteiger partial charge on any atom is 0.343 e. The molecule has 0 heterocycles. The van der Waals surface area contributed by atoms with Crippen molar-refractivity contribution in [3.63, 3.8) is 0 Å². The van der Waals surface area contributed by atoms with E-state index in [4.69, 9.17) is 14.2 Å². The lowest BCUT2D eigenvalue weighted by atomic mass is 10.2. The fourth-order valence-corrected chi connectivity index (χ4v) is 3.26. The summed E-state index contributed by atoms with van der Waals surface area (Å²) in [5.41, 5.74) is 3.28. The molecule has 10 heteroatoms. The van der Waals surface area contributed by atoms with Crippen LogP contribution in [0.25, 0.3) is 0 Å². The van der Waals surface area contributed by atoms with Crippen LogP contribution in [0.1, 0.15) is 29.3 Å². The summed E-state index contributed by atoms with van der Waals surface area (Å²) in [7, 11) is 1.50. The van der Waals surface area contributed by atoms with Gasteiger partial charge < -0.3 is 19.5 Å². The molecule has 3 aromatic carbocycles. The van der Waals surface area contributed by atoms with Crippen molar-refractivity contribution in [3.8, 4) is 17.2 Å². The number of halogens is 1. The van der Waals surface area contributed by atoms with Crippen molar-refractivity contribution in [3.05, 3.63) is 82.3 Å². The van der Waals surface area contributed by atoms with Gasteiger partial charge in [0.15, 0.2) is 0 Å². The second-order valence-corrected chi connectivity index (χ2v) is 8.25. The van der Waals surface area contributed by atoms with Crippen molar-refractivity contribution in [2.45, 2.75) is 13.3 Å². The summed E-state index contributed by atoms with van der Waals surface area (Å²) in [5, 5.41) is 6.28. The van der Waals surface area contributed by atoms with Gasteiger partial charge in [0.2, 0.25) is 0 Å². The normalized spacial score (nSPS) is 10.5. The molecule has 3 rings (SSSR count). The van der Waals surface area contributed by atoms with Crippen LogP contribution in [0, 0.1) is 0 Å². The number of amides is 2. The van der Waals surface area contributed by atoms with E-state index >= 15 is 0 Å². The number of carbonyl (C=O) groups excluding carboxylic acids is 3. The van der Waals surface area contributed by atoms with Crippen LogP contribution in [0.2, 0.25) is 0 Å². The van der Waals surface area contributed by atoms with E-state index in [1.807, 2.05) is 6.92 Å². The molecule has 0 bridgehead atoms. The number of nitrogens with zero attached hydrogens (tertiary/aromatic N) is 1. The number of esters is 1. The average Bonchev–Trinajstić information content (AvgIpc) is 2.89. The van der Waals surface area contributed by atoms with E-state index in [0.29, 0.717) is 39.4 Å². The molecule has 36 heavy (non-hydrogen) atoms. The molecule has 186 valence electrons. The fourth-order valence-electron chi connectivity index (χ4n) is 2.88. The lowest BCUT2D eigenvalue weighted by Crippen LogP contribution is -2.32. The number of benzene rings is 3. The van der Waals surface area contributed by atoms with Gasteiger partial charge in [-0.25, -0.2) is 10.2 Å². The molecule has 0 saturated carbocycles. The first-order chi connectivity index (χ1) is 17.4. The molecule has 0 aliphatic carbocycles. The summed E-state index contributed by atoms with van der Waals surface area (Å²) < 4.78 is 16.8. The van der Waals surface area contributed by atoms with Crippen LogP contribution in [-0.4, -0.2) is 37.7 Å². The van der Waals surface area contributed by atoms with Gasteiger partial charge in [-0.05, 0) is 61.0 Å². The highest BCUT2D eigenvalue weighted by molar-refractivity contribution is 9.10. The van der Waals surface area contributed by atoms with E-state index in [1.54, 1.807) is 66.7 Å². The highest BCUT2D eigenvalue weighted by Gasteiger charge is 2.14. The number of hydrogen-bond acceptors (Lipinski definition) is 7. The lowest BCUT2D eigenvalue weighted by molar-refractivity contribution is -0.136. The molecule has 9 nitrogen and oxygen atoms in total. The number of hydrogen-bond donors (Lipinski definition) is 2. The highest BCUT2D eigenvalue weighted by Crippen LogP contribution is 2.23. The molecule has 2 N–H and O–H groups in total. The van der Waals surface area contributed by atoms with E-state index in [0.717, 1.165) is 6.42 Å². The molecule has 0 atom stereocenters. The number of nitrogens with one attached hydrogen (secondary N) is 2. The van der Waals surface area contributed by atoms with Crippen molar-refractivity contribution in [1.82, 2.24) is 5.43 Å². The molecule has 0 aromatic heterocycles. The summed E-state index contributed by atoms with van der Waals surface area (Å²) in [4.78, 5) is 36.9. The second-order valence-electron chi connectivity index (χ2n) is 7.33. The number of anilines is 1.